The van der Waals surface area contributed by atoms with E-state index >= 15 is 0 Å². The average molecular weight is 278 g/mol. The molecule has 2 rings (SSSR count). The van der Waals surface area contributed by atoms with Gasteiger partial charge in [0, 0.05) is 12.1 Å². The van der Waals surface area contributed by atoms with Gasteiger partial charge >= 0.3 is 0 Å². The number of rotatable bonds is 4. The summed E-state index contributed by atoms with van der Waals surface area (Å²) in [6.07, 6.45) is 2.00. The van der Waals surface area contributed by atoms with E-state index in [1.165, 1.54) is 5.56 Å². The van der Waals surface area contributed by atoms with Crippen molar-refractivity contribution >= 4 is 17.2 Å². The molecule has 0 aromatic heterocycles. The number of likely N-dealkylation sites (tertiary alicyclic amines) is 1. The van der Waals surface area contributed by atoms with Gasteiger partial charge in [0.25, 0.3) is 0 Å². The van der Waals surface area contributed by atoms with Crippen LogP contribution in [0.5, 0.6) is 0 Å². The smallest absolute Gasteiger partial charge is 0.103 e. The second-order valence-corrected chi connectivity index (χ2v) is 5.86. The molecule has 1 atom stereocenters. The number of nitrogens with zero attached hydrogens (tertiary/aromatic N) is 1. The largest absolute Gasteiger partial charge is 0.393 e. The van der Waals surface area contributed by atoms with E-state index in [4.69, 9.17) is 18.0 Å². The van der Waals surface area contributed by atoms with E-state index in [-0.39, 0.29) is 6.10 Å². The van der Waals surface area contributed by atoms with Gasteiger partial charge in [0.05, 0.1) is 6.10 Å². The monoisotopic (exact) mass is 278 g/mol. The molecule has 0 aliphatic carbocycles. The molecule has 1 heterocycles. The summed E-state index contributed by atoms with van der Waals surface area (Å²) in [6, 6.07) is 8.16. The maximum Gasteiger partial charge on any atom is 0.103 e. The van der Waals surface area contributed by atoms with E-state index in [1.54, 1.807) is 0 Å². The highest BCUT2D eigenvalue weighted by Gasteiger charge is 2.22. The Hall–Kier alpha value is -0.970. The van der Waals surface area contributed by atoms with Crippen LogP contribution in [0.25, 0.3) is 0 Å². The second-order valence-electron chi connectivity index (χ2n) is 5.42. The van der Waals surface area contributed by atoms with Gasteiger partial charge in [0.2, 0.25) is 0 Å². The van der Waals surface area contributed by atoms with E-state index in [9.17, 15) is 5.11 Å². The van der Waals surface area contributed by atoms with Gasteiger partial charge in [0.15, 0.2) is 0 Å². The Balaban J connectivity index is 1.87. The zero-order valence-electron chi connectivity index (χ0n) is 11.4. The number of nitrogens with two attached hydrogens (primary N) is 1. The van der Waals surface area contributed by atoms with Crippen LogP contribution in [0.2, 0.25) is 0 Å². The summed E-state index contributed by atoms with van der Waals surface area (Å²) < 4.78 is 0. The van der Waals surface area contributed by atoms with E-state index in [0.717, 1.165) is 38.0 Å². The summed E-state index contributed by atoms with van der Waals surface area (Å²) in [6.45, 7) is 4.98. The Bertz CT molecular complexity index is 422. The van der Waals surface area contributed by atoms with Crippen molar-refractivity contribution in [2.45, 2.75) is 32.4 Å². The molecule has 0 bridgehead atoms. The minimum Gasteiger partial charge on any atom is -0.393 e. The fourth-order valence-electron chi connectivity index (χ4n) is 2.63. The van der Waals surface area contributed by atoms with Gasteiger partial charge < -0.3 is 10.8 Å². The molecule has 0 spiro atoms. The van der Waals surface area contributed by atoms with Crippen molar-refractivity contribution in [1.29, 1.82) is 0 Å². The molecule has 4 heteroatoms. The van der Waals surface area contributed by atoms with Gasteiger partial charge in [-0.3, -0.25) is 4.90 Å². The minimum atomic E-state index is -0.174. The highest BCUT2D eigenvalue weighted by atomic mass is 32.1. The lowest BCUT2D eigenvalue weighted by molar-refractivity contribution is 0.0695. The first-order chi connectivity index (χ1) is 9.06. The first kappa shape index (κ1) is 14.4. The van der Waals surface area contributed by atoms with Crippen molar-refractivity contribution in [1.82, 2.24) is 4.90 Å². The molecule has 19 heavy (non-hydrogen) atoms. The molecule has 1 fully saturated rings. The first-order valence-electron chi connectivity index (χ1n) is 6.85. The van der Waals surface area contributed by atoms with Crippen LogP contribution >= 0.6 is 12.2 Å². The van der Waals surface area contributed by atoms with Crippen LogP contribution in [0, 0.1) is 5.92 Å². The summed E-state index contributed by atoms with van der Waals surface area (Å²) in [4.78, 5) is 2.89. The molecule has 104 valence electrons. The van der Waals surface area contributed by atoms with Crippen LogP contribution in [0.15, 0.2) is 24.3 Å². The van der Waals surface area contributed by atoms with Crippen LogP contribution in [0.1, 0.15) is 30.9 Å². The summed E-state index contributed by atoms with van der Waals surface area (Å²) in [5, 5.41) is 9.59. The maximum atomic E-state index is 9.59. The molecule has 1 aliphatic heterocycles. The zero-order chi connectivity index (χ0) is 13.8. The van der Waals surface area contributed by atoms with Crippen molar-refractivity contribution < 1.29 is 5.11 Å². The maximum absolute atomic E-state index is 9.59. The summed E-state index contributed by atoms with van der Waals surface area (Å²) in [5.74, 6) is 0.466. The lowest BCUT2D eigenvalue weighted by Gasteiger charge is -2.33. The fraction of sp³-hybridized carbons (Fsp3) is 0.533. The molecule has 1 aliphatic rings. The summed E-state index contributed by atoms with van der Waals surface area (Å²) >= 11 is 4.95. The fourth-order valence-corrected chi connectivity index (χ4v) is 2.76. The molecule has 3 N–H and O–H groups in total. The predicted molar refractivity (Wildman–Crippen MR) is 82.0 cm³/mol. The Kier molecular flexibility index (Phi) is 4.91. The molecule has 1 aromatic rings. The normalized spacial score (nSPS) is 19.3. The SMILES string of the molecule is CC(O)C1CCN(Cc2ccc(C(N)=S)cc2)CC1. The highest BCUT2D eigenvalue weighted by Crippen LogP contribution is 2.21. The van der Waals surface area contributed by atoms with Crippen LogP contribution in [-0.4, -0.2) is 34.2 Å². The van der Waals surface area contributed by atoms with Crippen LogP contribution < -0.4 is 5.73 Å². The molecule has 0 amide bonds. The Morgan fingerprint density at radius 1 is 1.37 bits per heavy atom. The third-order valence-corrected chi connectivity index (χ3v) is 4.19. The van der Waals surface area contributed by atoms with Crippen LogP contribution in [-0.2, 0) is 6.54 Å². The van der Waals surface area contributed by atoms with Gasteiger partial charge in [-0.25, -0.2) is 0 Å². The third-order valence-electron chi connectivity index (χ3n) is 3.96. The van der Waals surface area contributed by atoms with Crippen LogP contribution in [0.4, 0.5) is 0 Å². The molecule has 0 radical (unpaired) electrons. The van der Waals surface area contributed by atoms with Gasteiger partial charge in [-0.2, -0.15) is 0 Å². The van der Waals surface area contributed by atoms with E-state index < -0.39 is 0 Å². The summed E-state index contributed by atoms with van der Waals surface area (Å²) in [7, 11) is 0. The zero-order valence-corrected chi connectivity index (χ0v) is 12.2. The van der Waals surface area contributed by atoms with Crippen molar-refractivity contribution in [3.8, 4) is 0 Å². The quantitative estimate of drug-likeness (QED) is 0.826. The number of aliphatic hydroxyl groups excluding tert-OH is 1. The molecular weight excluding hydrogens is 256 g/mol. The van der Waals surface area contributed by atoms with Crippen molar-refractivity contribution in [2.24, 2.45) is 11.7 Å². The van der Waals surface area contributed by atoms with Gasteiger partial charge in [-0.1, -0.05) is 36.5 Å². The summed E-state index contributed by atoms with van der Waals surface area (Å²) in [5.41, 5.74) is 7.80. The second kappa shape index (κ2) is 6.46. The van der Waals surface area contributed by atoms with Crippen molar-refractivity contribution in [3.63, 3.8) is 0 Å². The number of aliphatic hydroxyl groups is 1. The lowest BCUT2D eigenvalue weighted by atomic mass is 9.92. The van der Waals surface area contributed by atoms with Gasteiger partial charge in [-0.05, 0) is 44.3 Å². The van der Waals surface area contributed by atoms with E-state index in [0.29, 0.717) is 10.9 Å². The molecule has 3 nitrogen and oxygen atoms in total. The number of hydrogen-bond donors (Lipinski definition) is 2. The number of piperidine rings is 1. The first-order valence-corrected chi connectivity index (χ1v) is 7.26. The van der Waals surface area contributed by atoms with Crippen LogP contribution in [0.3, 0.4) is 0 Å². The van der Waals surface area contributed by atoms with Gasteiger partial charge in [0.1, 0.15) is 4.99 Å². The third kappa shape index (κ3) is 4.00. The predicted octanol–water partition coefficient (Wildman–Crippen LogP) is 1.91. The topological polar surface area (TPSA) is 49.5 Å². The number of benzene rings is 1. The number of hydrogen-bond acceptors (Lipinski definition) is 3. The number of thiocarbonyl (C=S) groups is 1. The highest BCUT2D eigenvalue weighted by molar-refractivity contribution is 7.80. The molecule has 1 saturated heterocycles. The minimum absolute atomic E-state index is 0.174. The standard InChI is InChI=1S/C15H22N2OS/c1-11(18)13-6-8-17(9-7-13)10-12-2-4-14(5-3-12)15(16)19/h2-5,11,13,18H,6-10H2,1H3,(H2,16,19). The van der Waals surface area contributed by atoms with Gasteiger partial charge in [-0.15, -0.1) is 0 Å². The molecule has 1 unspecified atom stereocenters. The Labute approximate surface area is 120 Å². The van der Waals surface area contributed by atoms with Crippen molar-refractivity contribution in [2.75, 3.05) is 13.1 Å². The average Bonchev–Trinajstić information content (AvgIpc) is 2.40. The molecule has 1 aromatic carbocycles. The van der Waals surface area contributed by atoms with E-state index in [1.807, 2.05) is 19.1 Å². The van der Waals surface area contributed by atoms with Crippen molar-refractivity contribution in [3.05, 3.63) is 35.4 Å². The Morgan fingerprint density at radius 2 is 1.95 bits per heavy atom. The molecular formula is C15H22N2OS. The molecule has 0 saturated carbocycles. The Morgan fingerprint density at radius 3 is 2.42 bits per heavy atom. The van der Waals surface area contributed by atoms with E-state index in [2.05, 4.69) is 17.0 Å². The lowest BCUT2D eigenvalue weighted by Crippen LogP contribution is -2.36.